The average Bonchev–Trinajstić information content (AvgIpc) is 2.26. The topological polar surface area (TPSA) is 33.2 Å². The molecule has 0 spiro atoms. The minimum Gasteiger partial charge on any atom is -0.338 e. The molecule has 1 unspecified atom stereocenters. The van der Waals surface area contributed by atoms with Gasteiger partial charge in [-0.1, -0.05) is 15.9 Å². The summed E-state index contributed by atoms with van der Waals surface area (Å²) in [5.41, 5.74) is 1.64. The van der Waals surface area contributed by atoms with Crippen LogP contribution in [0.4, 0.5) is 0 Å². The number of hydrogen-bond acceptors (Lipinski definition) is 2. The Morgan fingerprint density at radius 1 is 1.60 bits per heavy atom. The summed E-state index contributed by atoms with van der Waals surface area (Å²) in [6, 6.07) is 2.03. The summed E-state index contributed by atoms with van der Waals surface area (Å²) in [5.74, 6) is 0.0122. The van der Waals surface area contributed by atoms with E-state index in [-0.39, 0.29) is 11.9 Å². The van der Waals surface area contributed by atoms with Crippen molar-refractivity contribution in [1.82, 2.24) is 9.88 Å². The lowest BCUT2D eigenvalue weighted by molar-refractivity contribution is 0.0757. The molecule has 4 heteroatoms. The first-order valence-corrected chi connectivity index (χ1v) is 5.93. The smallest absolute Gasteiger partial charge is 0.255 e. The molecule has 0 saturated heterocycles. The lowest BCUT2D eigenvalue weighted by atomic mass is 10.2. The van der Waals surface area contributed by atoms with Crippen LogP contribution in [0, 0.1) is 6.92 Å². The van der Waals surface area contributed by atoms with Crippen molar-refractivity contribution in [2.24, 2.45) is 0 Å². The number of amides is 1. The van der Waals surface area contributed by atoms with Crippen molar-refractivity contribution >= 4 is 21.8 Å². The Balaban J connectivity index is 2.85. The van der Waals surface area contributed by atoms with Gasteiger partial charge in [0.25, 0.3) is 5.91 Å². The van der Waals surface area contributed by atoms with E-state index in [9.17, 15) is 4.79 Å². The van der Waals surface area contributed by atoms with E-state index in [0.717, 1.165) is 10.9 Å². The first-order chi connectivity index (χ1) is 7.06. The Kier molecular flexibility index (Phi) is 4.27. The molecule has 3 nitrogen and oxygen atoms in total. The number of pyridine rings is 1. The van der Waals surface area contributed by atoms with Crippen molar-refractivity contribution in [3.63, 3.8) is 0 Å². The number of nitrogens with zero attached hydrogens (tertiary/aromatic N) is 2. The van der Waals surface area contributed by atoms with E-state index in [0.29, 0.717) is 5.56 Å². The van der Waals surface area contributed by atoms with Crippen molar-refractivity contribution in [2.75, 3.05) is 12.4 Å². The quantitative estimate of drug-likeness (QED) is 0.790. The van der Waals surface area contributed by atoms with E-state index in [2.05, 4.69) is 20.9 Å². The van der Waals surface area contributed by atoms with Crippen LogP contribution >= 0.6 is 15.9 Å². The molecule has 0 bridgehead atoms. The van der Waals surface area contributed by atoms with Gasteiger partial charge in [0.05, 0.1) is 5.56 Å². The zero-order chi connectivity index (χ0) is 11.4. The van der Waals surface area contributed by atoms with Crippen molar-refractivity contribution in [2.45, 2.75) is 19.9 Å². The van der Waals surface area contributed by atoms with Gasteiger partial charge in [0.1, 0.15) is 0 Å². The highest BCUT2D eigenvalue weighted by Crippen LogP contribution is 2.08. The summed E-state index contributed by atoms with van der Waals surface area (Å²) >= 11 is 3.36. The molecule has 82 valence electrons. The Morgan fingerprint density at radius 3 is 2.80 bits per heavy atom. The third kappa shape index (κ3) is 3.02. The molecule has 0 aromatic carbocycles. The van der Waals surface area contributed by atoms with E-state index >= 15 is 0 Å². The molecular weight excluding hydrogens is 256 g/mol. The van der Waals surface area contributed by atoms with Crippen molar-refractivity contribution in [3.05, 3.63) is 29.6 Å². The van der Waals surface area contributed by atoms with Gasteiger partial charge in [0.15, 0.2) is 0 Å². The van der Waals surface area contributed by atoms with Gasteiger partial charge < -0.3 is 4.90 Å². The van der Waals surface area contributed by atoms with Gasteiger partial charge in [0, 0.05) is 30.8 Å². The van der Waals surface area contributed by atoms with Crippen molar-refractivity contribution in [1.29, 1.82) is 0 Å². The molecule has 0 aliphatic rings. The molecule has 0 aliphatic carbocycles. The van der Waals surface area contributed by atoms with E-state index in [1.54, 1.807) is 24.3 Å². The second-order valence-electron chi connectivity index (χ2n) is 3.67. The molecule has 0 radical (unpaired) electrons. The number of halogens is 1. The van der Waals surface area contributed by atoms with Crippen LogP contribution in [0.1, 0.15) is 22.8 Å². The molecule has 0 fully saturated rings. The maximum absolute atomic E-state index is 12.0. The molecular formula is C11H15BrN2O. The Hall–Kier alpha value is -0.900. The lowest BCUT2D eigenvalue weighted by Gasteiger charge is -2.23. The fourth-order valence-corrected chi connectivity index (χ4v) is 1.61. The molecule has 1 amide bonds. The monoisotopic (exact) mass is 270 g/mol. The number of hydrogen-bond donors (Lipinski definition) is 0. The van der Waals surface area contributed by atoms with E-state index in [1.165, 1.54) is 0 Å². The summed E-state index contributed by atoms with van der Waals surface area (Å²) < 4.78 is 0. The summed E-state index contributed by atoms with van der Waals surface area (Å²) in [7, 11) is 1.80. The molecule has 0 saturated carbocycles. The number of aromatic nitrogens is 1. The molecule has 1 aromatic rings. The maximum Gasteiger partial charge on any atom is 0.255 e. The molecule has 15 heavy (non-hydrogen) atoms. The van der Waals surface area contributed by atoms with Gasteiger partial charge in [-0.25, -0.2) is 0 Å². The van der Waals surface area contributed by atoms with Gasteiger partial charge in [-0.3, -0.25) is 9.78 Å². The second kappa shape index (κ2) is 5.26. The second-order valence-corrected chi connectivity index (χ2v) is 4.32. The van der Waals surface area contributed by atoms with Crippen LogP contribution in [0.15, 0.2) is 18.5 Å². The average molecular weight is 271 g/mol. The largest absolute Gasteiger partial charge is 0.338 e. The van der Waals surface area contributed by atoms with Crippen LogP contribution in [-0.4, -0.2) is 34.2 Å². The van der Waals surface area contributed by atoms with Gasteiger partial charge in [-0.2, -0.15) is 0 Å². The fraction of sp³-hybridized carbons (Fsp3) is 0.455. The number of rotatable bonds is 3. The van der Waals surface area contributed by atoms with E-state index in [1.807, 2.05) is 19.9 Å². The third-order valence-corrected chi connectivity index (χ3v) is 3.26. The standard InChI is InChI=1S/C11H15BrN2O/c1-8-4-10(7-13-6-8)11(15)14(3)9(2)5-12/h4,6-7,9H,5H2,1-3H3. The molecule has 1 atom stereocenters. The van der Waals surface area contributed by atoms with Crippen LogP contribution in [0.5, 0.6) is 0 Å². The molecule has 1 aromatic heterocycles. The number of aryl methyl sites for hydroxylation is 1. The highest BCUT2D eigenvalue weighted by atomic mass is 79.9. The van der Waals surface area contributed by atoms with Crippen LogP contribution in [0.3, 0.4) is 0 Å². The summed E-state index contributed by atoms with van der Waals surface area (Å²) in [4.78, 5) is 17.7. The first-order valence-electron chi connectivity index (χ1n) is 4.81. The van der Waals surface area contributed by atoms with Crippen LogP contribution in [0.2, 0.25) is 0 Å². The lowest BCUT2D eigenvalue weighted by Crippen LogP contribution is -2.36. The maximum atomic E-state index is 12.0. The highest BCUT2D eigenvalue weighted by molar-refractivity contribution is 9.09. The van der Waals surface area contributed by atoms with Gasteiger partial charge in [-0.15, -0.1) is 0 Å². The first kappa shape index (κ1) is 12.2. The fourth-order valence-electron chi connectivity index (χ4n) is 1.18. The minimum absolute atomic E-state index is 0.0122. The van der Waals surface area contributed by atoms with Gasteiger partial charge >= 0.3 is 0 Å². The minimum atomic E-state index is 0.0122. The molecule has 1 heterocycles. The number of alkyl halides is 1. The molecule has 0 aliphatic heterocycles. The zero-order valence-corrected chi connectivity index (χ0v) is 10.8. The SMILES string of the molecule is Cc1cncc(C(=O)N(C)C(C)CBr)c1. The van der Waals surface area contributed by atoms with Crippen LogP contribution in [0.25, 0.3) is 0 Å². The van der Waals surface area contributed by atoms with E-state index in [4.69, 9.17) is 0 Å². The van der Waals surface area contributed by atoms with Crippen molar-refractivity contribution in [3.8, 4) is 0 Å². The van der Waals surface area contributed by atoms with Crippen LogP contribution in [-0.2, 0) is 0 Å². The number of carbonyl (C=O) groups excluding carboxylic acids is 1. The Bertz CT molecular complexity index is 354. The Labute approximate surface area is 98.6 Å². The summed E-state index contributed by atoms with van der Waals surface area (Å²) in [5, 5.41) is 0.772. The Morgan fingerprint density at radius 2 is 2.27 bits per heavy atom. The summed E-state index contributed by atoms with van der Waals surface area (Å²) in [6.45, 7) is 3.92. The third-order valence-electron chi connectivity index (χ3n) is 2.33. The molecule has 1 rings (SSSR count). The summed E-state index contributed by atoms with van der Waals surface area (Å²) in [6.07, 6.45) is 3.34. The predicted molar refractivity (Wildman–Crippen MR) is 64.3 cm³/mol. The normalized spacial score (nSPS) is 12.3. The zero-order valence-electron chi connectivity index (χ0n) is 9.20. The van der Waals surface area contributed by atoms with Crippen LogP contribution < -0.4 is 0 Å². The number of carbonyl (C=O) groups is 1. The van der Waals surface area contributed by atoms with E-state index < -0.39 is 0 Å². The van der Waals surface area contributed by atoms with Crippen molar-refractivity contribution < 1.29 is 4.79 Å². The highest BCUT2D eigenvalue weighted by Gasteiger charge is 2.16. The predicted octanol–water partition coefficient (Wildman–Crippen LogP) is 2.25. The van der Waals surface area contributed by atoms with Gasteiger partial charge in [0.2, 0.25) is 0 Å². The molecule has 0 N–H and O–H groups in total. The van der Waals surface area contributed by atoms with Gasteiger partial charge in [-0.05, 0) is 25.5 Å².